The number of ether oxygens (including phenoxy) is 2. The van der Waals surface area contributed by atoms with Crippen LogP contribution in [0.15, 0.2) is 48.5 Å². The number of rotatable bonds is 6. The number of alkyl halides is 2. The molecule has 0 radical (unpaired) electrons. The Morgan fingerprint density at radius 2 is 1.42 bits per heavy atom. The van der Waals surface area contributed by atoms with Crippen molar-refractivity contribution in [3.8, 4) is 11.5 Å². The van der Waals surface area contributed by atoms with E-state index in [2.05, 4.69) is 0 Å². The van der Waals surface area contributed by atoms with Crippen LogP contribution < -0.4 is 9.47 Å². The van der Waals surface area contributed by atoms with Crippen molar-refractivity contribution in [3.63, 3.8) is 0 Å². The maximum Gasteiger partial charge on any atom is 0.0850 e. The van der Waals surface area contributed by atoms with E-state index in [1.54, 1.807) is 0 Å². The van der Waals surface area contributed by atoms with Crippen molar-refractivity contribution in [1.82, 2.24) is 0 Å². The first-order valence-electron chi connectivity index (χ1n) is 5.67. The first-order valence-corrected chi connectivity index (χ1v) is 6.74. The molecule has 0 saturated carbocycles. The normalized spacial score (nSPS) is 8.95. The van der Waals surface area contributed by atoms with Gasteiger partial charge in [-0.15, -0.1) is 35.3 Å². The molecule has 0 atom stereocenters. The summed E-state index contributed by atoms with van der Waals surface area (Å²) in [5, 5.41) is 0. The second-order valence-electron chi connectivity index (χ2n) is 3.32. The minimum Gasteiger partial charge on any atom is -0.745 e. The zero-order chi connectivity index (χ0) is 13.1. The van der Waals surface area contributed by atoms with Crippen molar-refractivity contribution in [2.24, 2.45) is 0 Å². The van der Waals surface area contributed by atoms with Crippen molar-refractivity contribution < 1.29 is 26.5 Å². The fourth-order valence-corrected chi connectivity index (χ4v) is 1.37. The summed E-state index contributed by atoms with van der Waals surface area (Å²) in [4.78, 5) is 0. The monoisotopic (exact) mass is 342 g/mol. The molecule has 2 rings (SSSR count). The van der Waals surface area contributed by atoms with E-state index in [1.807, 2.05) is 48.5 Å². The van der Waals surface area contributed by atoms with Gasteiger partial charge in [0.25, 0.3) is 0 Å². The van der Waals surface area contributed by atoms with Gasteiger partial charge in [-0.3, -0.25) is 0 Å². The molecule has 2 aromatic rings. The van der Waals surface area contributed by atoms with Crippen LogP contribution in [0.5, 0.6) is 11.5 Å². The average molecular weight is 343 g/mol. The van der Waals surface area contributed by atoms with E-state index in [4.69, 9.17) is 32.7 Å². The molecule has 19 heavy (non-hydrogen) atoms. The molecule has 0 N–H and O–H groups in total. The van der Waals surface area contributed by atoms with Gasteiger partial charge < -0.3 is 39.5 Å². The van der Waals surface area contributed by atoms with E-state index in [1.165, 1.54) is 0 Å². The Morgan fingerprint density at radius 3 is 1.95 bits per heavy atom. The molecule has 2 nitrogen and oxygen atoms in total. The summed E-state index contributed by atoms with van der Waals surface area (Å²) in [5.41, 5.74) is 0. The first kappa shape index (κ1) is 18.4. The first-order chi connectivity index (χ1) is 8.86. The smallest absolute Gasteiger partial charge is 0.0850 e. The van der Waals surface area contributed by atoms with E-state index < -0.39 is 0 Å². The van der Waals surface area contributed by atoms with Crippen molar-refractivity contribution in [3.05, 3.63) is 48.5 Å². The van der Waals surface area contributed by atoms with Crippen LogP contribution >= 0.6 is 23.2 Å². The van der Waals surface area contributed by atoms with Gasteiger partial charge in [-0.25, -0.2) is 12.1 Å². The van der Waals surface area contributed by atoms with Crippen LogP contribution in [0.3, 0.4) is 0 Å². The van der Waals surface area contributed by atoms with Crippen LogP contribution in [-0.4, -0.2) is 25.0 Å². The molecule has 5 heteroatoms. The maximum absolute atomic E-state index is 5.39. The summed E-state index contributed by atoms with van der Waals surface area (Å²) in [6.07, 6.45) is 0. The Bertz CT molecular complexity index is 336. The van der Waals surface area contributed by atoms with E-state index in [0.717, 1.165) is 11.5 Å². The quantitative estimate of drug-likeness (QED) is 0.448. The average Bonchev–Trinajstić information content (AvgIpc) is 3.07. The zero-order valence-corrected chi connectivity index (χ0v) is 13.0. The van der Waals surface area contributed by atoms with Gasteiger partial charge in [0.1, 0.15) is 0 Å². The predicted molar refractivity (Wildman–Crippen MR) is 76.5 cm³/mol. The van der Waals surface area contributed by atoms with Crippen LogP contribution in [0.2, 0.25) is 0 Å². The third-order valence-corrected chi connectivity index (χ3v) is 2.26. The standard InChI is InChI=1S/2C7H8ClO.Fe/c2*8-5-6-9-7-3-1-2-4-7;/h2*1-4H,5-6H2;/q-5;-1;. The van der Waals surface area contributed by atoms with Crippen LogP contribution in [0.25, 0.3) is 0 Å². The molecule has 0 amide bonds. The number of hydrogen-bond acceptors (Lipinski definition) is 2. The Morgan fingerprint density at radius 1 is 0.895 bits per heavy atom. The second kappa shape index (κ2) is 12.4. The minimum atomic E-state index is 0. The molecule has 0 aromatic heterocycles. The molecule has 0 spiro atoms. The van der Waals surface area contributed by atoms with E-state index in [0.29, 0.717) is 25.0 Å². The van der Waals surface area contributed by atoms with Crippen molar-refractivity contribution >= 4 is 23.2 Å². The summed E-state index contributed by atoms with van der Waals surface area (Å²) >= 11 is 10.8. The van der Waals surface area contributed by atoms with Crippen molar-refractivity contribution in [2.75, 3.05) is 25.0 Å². The zero-order valence-electron chi connectivity index (χ0n) is 10.4. The Hall–Kier alpha value is -0.601. The van der Waals surface area contributed by atoms with Crippen LogP contribution in [-0.2, 0) is 17.1 Å². The van der Waals surface area contributed by atoms with Crippen LogP contribution in [0.4, 0.5) is 0 Å². The molecule has 0 saturated heterocycles. The van der Waals surface area contributed by atoms with Crippen LogP contribution in [0, 0.1) is 0 Å². The summed E-state index contributed by atoms with van der Waals surface area (Å²) in [5.74, 6) is 2.89. The topological polar surface area (TPSA) is 18.5 Å². The summed E-state index contributed by atoms with van der Waals surface area (Å²) in [7, 11) is 0. The molecule has 0 heterocycles. The molecule has 2 aromatic carbocycles. The largest absolute Gasteiger partial charge is 0.745 e. The minimum absolute atomic E-state index is 0. The summed E-state index contributed by atoms with van der Waals surface area (Å²) in [6.45, 7) is 1.18. The molecular formula is C14H16Cl2FeO2-6. The summed E-state index contributed by atoms with van der Waals surface area (Å²) < 4.78 is 10.3. The SMILES string of the molecule is ClCCO[c-]1[cH-][cH-][cH-][cH-]1.ClCCO[c-]1cccc1.[Fe]. The Balaban J connectivity index is 0.000000324. The second-order valence-corrected chi connectivity index (χ2v) is 4.07. The summed E-state index contributed by atoms with van der Waals surface area (Å²) in [6, 6.07) is 15.4. The number of hydrogen-bond donors (Lipinski definition) is 0. The van der Waals surface area contributed by atoms with Crippen molar-refractivity contribution in [2.45, 2.75) is 0 Å². The molecule has 0 fully saturated rings. The van der Waals surface area contributed by atoms with E-state index in [9.17, 15) is 0 Å². The third-order valence-electron chi connectivity index (χ3n) is 1.96. The predicted octanol–water partition coefficient (Wildman–Crippen LogP) is 4.04. The van der Waals surface area contributed by atoms with E-state index in [-0.39, 0.29) is 17.1 Å². The maximum atomic E-state index is 5.39. The molecule has 0 bridgehead atoms. The Kier molecular flexibility index (Phi) is 12.0. The van der Waals surface area contributed by atoms with E-state index >= 15 is 0 Å². The fourth-order valence-electron chi connectivity index (χ4n) is 1.22. The molecule has 0 aliphatic carbocycles. The molecule has 0 aliphatic heterocycles. The fraction of sp³-hybridized carbons (Fsp3) is 0.286. The van der Waals surface area contributed by atoms with Gasteiger partial charge in [0.15, 0.2) is 0 Å². The third kappa shape index (κ3) is 9.01. The van der Waals surface area contributed by atoms with Gasteiger partial charge in [0, 0.05) is 22.8 Å². The number of halogens is 2. The van der Waals surface area contributed by atoms with Crippen molar-refractivity contribution in [1.29, 1.82) is 0 Å². The molecule has 0 unspecified atom stereocenters. The van der Waals surface area contributed by atoms with Gasteiger partial charge in [0.05, 0.1) is 25.0 Å². The Labute approximate surface area is 134 Å². The molecule has 0 aliphatic rings. The van der Waals surface area contributed by atoms with Gasteiger partial charge in [0.2, 0.25) is 0 Å². The molecular weight excluding hydrogens is 327 g/mol. The van der Waals surface area contributed by atoms with Gasteiger partial charge in [-0.1, -0.05) is 0 Å². The van der Waals surface area contributed by atoms with Gasteiger partial charge >= 0.3 is 0 Å². The van der Waals surface area contributed by atoms with Gasteiger partial charge in [-0.05, 0) is 0 Å². The van der Waals surface area contributed by atoms with Gasteiger partial charge in [-0.2, -0.15) is 0 Å². The van der Waals surface area contributed by atoms with Crippen LogP contribution in [0.1, 0.15) is 0 Å². The molecule has 112 valence electrons.